The van der Waals surface area contributed by atoms with Crippen LogP contribution in [-0.2, 0) is 0 Å². The smallest absolute Gasteiger partial charge is 0.191 e. The molecule has 1 aliphatic rings. The summed E-state index contributed by atoms with van der Waals surface area (Å²) in [5, 5.41) is 6.63. The van der Waals surface area contributed by atoms with Crippen LogP contribution in [0.15, 0.2) is 29.3 Å². The number of para-hydroxylation sites is 1. The molecule has 1 aliphatic heterocycles. The van der Waals surface area contributed by atoms with Crippen molar-refractivity contribution >= 4 is 5.96 Å². The van der Waals surface area contributed by atoms with Crippen LogP contribution in [0.3, 0.4) is 0 Å². The minimum atomic E-state index is -0.344. The Morgan fingerprint density at radius 3 is 2.64 bits per heavy atom. The van der Waals surface area contributed by atoms with E-state index in [0.717, 1.165) is 32.0 Å². The molecule has 0 radical (unpaired) electrons. The van der Waals surface area contributed by atoms with E-state index in [0.29, 0.717) is 6.54 Å². The minimum absolute atomic E-state index is 0.204. The minimum Gasteiger partial charge on any atom is -0.486 e. The molecule has 0 aliphatic carbocycles. The van der Waals surface area contributed by atoms with Crippen molar-refractivity contribution in [2.45, 2.75) is 32.8 Å². The Labute approximate surface area is 169 Å². The van der Waals surface area contributed by atoms with Crippen LogP contribution in [0, 0.1) is 5.82 Å². The van der Waals surface area contributed by atoms with Gasteiger partial charge >= 0.3 is 0 Å². The maximum Gasteiger partial charge on any atom is 0.191 e. The van der Waals surface area contributed by atoms with Crippen LogP contribution in [0.1, 0.15) is 26.7 Å². The summed E-state index contributed by atoms with van der Waals surface area (Å²) >= 11 is 0. The number of nitrogens with zero attached hydrogens (tertiary/aromatic N) is 3. The molecular formula is C21H36FN5O. The van der Waals surface area contributed by atoms with E-state index in [-0.39, 0.29) is 17.7 Å². The van der Waals surface area contributed by atoms with E-state index in [1.165, 1.54) is 38.7 Å². The fraction of sp³-hybridized carbons (Fsp3) is 0.667. The maximum atomic E-state index is 13.7. The lowest BCUT2D eigenvalue weighted by Crippen LogP contribution is -2.44. The zero-order chi connectivity index (χ0) is 20.2. The van der Waals surface area contributed by atoms with E-state index in [1.807, 2.05) is 13.8 Å². The van der Waals surface area contributed by atoms with Crippen LogP contribution >= 0.6 is 0 Å². The molecule has 0 amide bonds. The van der Waals surface area contributed by atoms with Gasteiger partial charge in [-0.25, -0.2) is 9.38 Å². The highest BCUT2D eigenvalue weighted by Gasteiger charge is 2.12. The highest BCUT2D eigenvalue weighted by molar-refractivity contribution is 5.79. The Morgan fingerprint density at radius 2 is 1.93 bits per heavy atom. The van der Waals surface area contributed by atoms with E-state index in [2.05, 4.69) is 32.5 Å². The average molecular weight is 394 g/mol. The lowest BCUT2D eigenvalue weighted by molar-refractivity contribution is 0.152. The van der Waals surface area contributed by atoms with Gasteiger partial charge in [0.1, 0.15) is 6.10 Å². The maximum absolute atomic E-state index is 13.7. The third kappa shape index (κ3) is 8.44. The number of rotatable bonds is 10. The number of unbranched alkanes of at least 4 members (excludes halogenated alkanes) is 1. The molecule has 7 heteroatoms. The van der Waals surface area contributed by atoms with E-state index in [4.69, 9.17) is 4.74 Å². The van der Waals surface area contributed by atoms with Gasteiger partial charge in [0.25, 0.3) is 0 Å². The molecule has 2 rings (SSSR count). The fourth-order valence-corrected chi connectivity index (χ4v) is 3.09. The molecule has 158 valence electrons. The number of hydrogen-bond donors (Lipinski definition) is 2. The van der Waals surface area contributed by atoms with Gasteiger partial charge in [-0.15, -0.1) is 0 Å². The van der Waals surface area contributed by atoms with Crippen LogP contribution in [0.2, 0.25) is 0 Å². The first kappa shape index (κ1) is 22.4. The first-order valence-electron chi connectivity index (χ1n) is 10.4. The first-order chi connectivity index (χ1) is 13.6. The first-order valence-corrected chi connectivity index (χ1v) is 10.4. The summed E-state index contributed by atoms with van der Waals surface area (Å²) in [4.78, 5) is 9.49. The van der Waals surface area contributed by atoms with Crippen molar-refractivity contribution < 1.29 is 9.13 Å². The molecule has 1 heterocycles. The van der Waals surface area contributed by atoms with Gasteiger partial charge in [0.15, 0.2) is 17.5 Å². The molecule has 2 N–H and O–H groups in total. The zero-order valence-corrected chi connectivity index (χ0v) is 17.6. The van der Waals surface area contributed by atoms with Crippen LogP contribution in [0.5, 0.6) is 5.75 Å². The van der Waals surface area contributed by atoms with Crippen molar-refractivity contribution in [3.63, 3.8) is 0 Å². The molecule has 1 atom stereocenters. The van der Waals surface area contributed by atoms with Gasteiger partial charge in [0.2, 0.25) is 0 Å². The van der Waals surface area contributed by atoms with Gasteiger partial charge < -0.3 is 25.2 Å². The molecule has 0 aromatic heterocycles. The Kier molecular flexibility index (Phi) is 10.1. The number of guanidine groups is 1. The van der Waals surface area contributed by atoms with Crippen molar-refractivity contribution in [3.05, 3.63) is 30.1 Å². The second-order valence-corrected chi connectivity index (χ2v) is 7.36. The summed E-state index contributed by atoms with van der Waals surface area (Å²) < 4.78 is 19.3. The van der Waals surface area contributed by atoms with Crippen molar-refractivity contribution in [2.24, 2.45) is 4.99 Å². The number of piperazine rings is 1. The normalized spacial score (nSPS) is 17.4. The molecule has 1 aromatic rings. The third-order valence-electron chi connectivity index (χ3n) is 4.80. The summed E-state index contributed by atoms with van der Waals surface area (Å²) in [6, 6.07) is 6.46. The van der Waals surface area contributed by atoms with Crippen molar-refractivity contribution in [1.82, 2.24) is 20.4 Å². The van der Waals surface area contributed by atoms with Crippen LogP contribution < -0.4 is 15.4 Å². The molecule has 0 spiro atoms. The summed E-state index contributed by atoms with van der Waals surface area (Å²) in [5.74, 6) is 0.710. The van der Waals surface area contributed by atoms with Crippen molar-refractivity contribution in [1.29, 1.82) is 0 Å². The van der Waals surface area contributed by atoms with Gasteiger partial charge in [-0.05, 0) is 52.4 Å². The zero-order valence-electron chi connectivity index (χ0n) is 17.6. The Bertz CT molecular complexity index is 590. The van der Waals surface area contributed by atoms with Crippen LogP contribution in [0.4, 0.5) is 4.39 Å². The Balaban J connectivity index is 1.66. The quantitative estimate of drug-likeness (QED) is 0.363. The summed E-state index contributed by atoms with van der Waals surface area (Å²) in [6.07, 6.45) is 2.09. The van der Waals surface area contributed by atoms with E-state index >= 15 is 0 Å². The van der Waals surface area contributed by atoms with Crippen LogP contribution in [-0.4, -0.2) is 81.3 Å². The standard InChI is InChI=1S/C21H36FN5O/c1-4-23-21(24-11-7-8-12-27-15-13-26(3)14-16-27)25-17-18(2)28-20-10-6-5-9-19(20)22/h5-6,9-10,18H,4,7-8,11-17H2,1-3H3,(H2,23,24,25). The number of hydrogen-bond acceptors (Lipinski definition) is 4. The number of nitrogens with one attached hydrogen (secondary N) is 2. The summed E-state index contributed by atoms with van der Waals surface area (Å²) in [5.41, 5.74) is 0. The second-order valence-electron chi connectivity index (χ2n) is 7.36. The Hall–Kier alpha value is -1.86. The highest BCUT2D eigenvalue weighted by Crippen LogP contribution is 2.16. The van der Waals surface area contributed by atoms with E-state index < -0.39 is 0 Å². The SMILES string of the molecule is CCNC(=NCC(C)Oc1ccccc1F)NCCCCN1CCN(C)CC1. The third-order valence-corrected chi connectivity index (χ3v) is 4.80. The average Bonchev–Trinajstić information content (AvgIpc) is 2.69. The molecule has 1 aromatic carbocycles. The topological polar surface area (TPSA) is 52.1 Å². The number of ether oxygens (including phenoxy) is 1. The largest absolute Gasteiger partial charge is 0.486 e. The van der Waals surface area contributed by atoms with Crippen molar-refractivity contribution in [3.8, 4) is 5.75 Å². The Morgan fingerprint density at radius 1 is 1.18 bits per heavy atom. The number of halogens is 1. The molecule has 1 unspecified atom stereocenters. The van der Waals surface area contributed by atoms with E-state index in [9.17, 15) is 4.39 Å². The number of aliphatic imine (C=N–C) groups is 1. The second kappa shape index (κ2) is 12.6. The molecule has 6 nitrogen and oxygen atoms in total. The molecular weight excluding hydrogens is 357 g/mol. The van der Waals surface area contributed by atoms with Gasteiger partial charge in [0, 0.05) is 39.3 Å². The predicted octanol–water partition coefficient (Wildman–Crippen LogP) is 2.18. The van der Waals surface area contributed by atoms with Gasteiger partial charge in [0.05, 0.1) is 6.54 Å². The molecule has 0 saturated carbocycles. The lowest BCUT2D eigenvalue weighted by atomic mass is 10.2. The summed E-state index contributed by atoms with van der Waals surface area (Å²) in [6.45, 7) is 12.0. The van der Waals surface area contributed by atoms with Gasteiger partial charge in [-0.1, -0.05) is 12.1 Å². The number of benzene rings is 1. The summed E-state index contributed by atoms with van der Waals surface area (Å²) in [7, 11) is 2.19. The molecule has 0 bridgehead atoms. The lowest BCUT2D eigenvalue weighted by Gasteiger charge is -2.32. The highest BCUT2D eigenvalue weighted by atomic mass is 19.1. The van der Waals surface area contributed by atoms with Gasteiger partial charge in [-0.3, -0.25) is 0 Å². The predicted molar refractivity (Wildman–Crippen MR) is 114 cm³/mol. The number of likely N-dealkylation sites (N-methyl/N-ethyl adjacent to an activating group) is 1. The molecule has 28 heavy (non-hydrogen) atoms. The van der Waals surface area contributed by atoms with E-state index in [1.54, 1.807) is 18.2 Å². The monoisotopic (exact) mass is 393 g/mol. The van der Waals surface area contributed by atoms with Gasteiger partial charge in [-0.2, -0.15) is 0 Å². The molecule has 1 fully saturated rings. The van der Waals surface area contributed by atoms with Crippen molar-refractivity contribution in [2.75, 3.05) is 59.4 Å². The fourth-order valence-electron chi connectivity index (χ4n) is 3.09. The molecule has 1 saturated heterocycles. The van der Waals surface area contributed by atoms with Crippen LogP contribution in [0.25, 0.3) is 0 Å².